The largest absolute Gasteiger partial charge is 0.360 e. The van der Waals surface area contributed by atoms with Crippen molar-refractivity contribution < 1.29 is 13.8 Å². The summed E-state index contributed by atoms with van der Waals surface area (Å²) in [6, 6.07) is 1.84. The number of nitrogens with zero attached hydrogens (tertiary/aromatic N) is 4. The first-order valence-corrected chi connectivity index (χ1v) is 7.71. The van der Waals surface area contributed by atoms with E-state index in [1.807, 2.05) is 6.07 Å². The number of amides is 1. The molecule has 1 aliphatic carbocycles. The second-order valence-corrected chi connectivity index (χ2v) is 5.89. The third-order valence-electron chi connectivity index (χ3n) is 3.96. The number of aromatic nitrogens is 5. The van der Waals surface area contributed by atoms with Gasteiger partial charge in [-0.05, 0) is 26.7 Å². The van der Waals surface area contributed by atoms with Crippen LogP contribution in [0.5, 0.6) is 0 Å². The first-order valence-electron chi connectivity index (χ1n) is 7.71. The second-order valence-electron chi connectivity index (χ2n) is 5.89. The molecule has 0 aliphatic heterocycles. The molecule has 4 rings (SSSR count). The summed E-state index contributed by atoms with van der Waals surface area (Å²) < 4.78 is 10.4. The van der Waals surface area contributed by atoms with Gasteiger partial charge in [-0.15, -0.1) is 0 Å². The molecule has 0 aromatic carbocycles. The molecule has 1 fully saturated rings. The Morgan fingerprint density at radius 3 is 2.88 bits per heavy atom. The van der Waals surface area contributed by atoms with Gasteiger partial charge in [-0.1, -0.05) is 10.3 Å². The number of carbonyl (C=O) groups excluding carboxylic acids is 1. The minimum atomic E-state index is -0.240. The molecule has 1 amide bonds. The van der Waals surface area contributed by atoms with Crippen LogP contribution in [0.25, 0.3) is 11.5 Å². The van der Waals surface area contributed by atoms with E-state index >= 15 is 0 Å². The third-order valence-corrected chi connectivity index (χ3v) is 3.96. The fourth-order valence-corrected chi connectivity index (χ4v) is 2.52. The number of nitrogens with one attached hydrogen (secondary N) is 2. The number of rotatable bonds is 5. The molecule has 1 saturated carbocycles. The third kappa shape index (κ3) is 2.68. The summed E-state index contributed by atoms with van der Waals surface area (Å²) in [5.74, 6) is 1.74. The Morgan fingerprint density at radius 1 is 1.33 bits per heavy atom. The highest BCUT2D eigenvalue weighted by Gasteiger charge is 2.28. The van der Waals surface area contributed by atoms with Crippen molar-refractivity contribution in [3.05, 3.63) is 34.7 Å². The predicted octanol–water partition coefficient (Wildman–Crippen LogP) is 1.87. The molecule has 9 nitrogen and oxygen atoms in total. The molecule has 0 spiro atoms. The van der Waals surface area contributed by atoms with Crippen molar-refractivity contribution >= 4 is 5.91 Å². The summed E-state index contributed by atoms with van der Waals surface area (Å²) >= 11 is 0. The lowest BCUT2D eigenvalue weighted by atomic mass is 10.2. The van der Waals surface area contributed by atoms with E-state index in [0.717, 1.165) is 18.6 Å². The maximum atomic E-state index is 12.2. The molecular formula is C15H16N6O3. The summed E-state index contributed by atoms with van der Waals surface area (Å²) in [6.07, 6.45) is 2.26. The maximum absolute atomic E-state index is 12.2. The van der Waals surface area contributed by atoms with Gasteiger partial charge in [0, 0.05) is 17.7 Å². The second kappa shape index (κ2) is 5.59. The van der Waals surface area contributed by atoms with Gasteiger partial charge in [0.2, 0.25) is 11.7 Å². The van der Waals surface area contributed by atoms with Crippen LogP contribution in [0.2, 0.25) is 0 Å². The van der Waals surface area contributed by atoms with Crippen LogP contribution in [0.15, 0.2) is 15.1 Å². The lowest BCUT2D eigenvalue weighted by Gasteiger charge is -2.01. The molecule has 9 heteroatoms. The van der Waals surface area contributed by atoms with Crippen molar-refractivity contribution in [2.45, 2.75) is 39.2 Å². The molecule has 124 valence electrons. The van der Waals surface area contributed by atoms with Gasteiger partial charge >= 0.3 is 0 Å². The van der Waals surface area contributed by atoms with Crippen molar-refractivity contribution in [2.24, 2.45) is 0 Å². The summed E-state index contributed by atoms with van der Waals surface area (Å²) in [5.41, 5.74) is 2.43. The number of carbonyl (C=O) groups is 1. The Morgan fingerprint density at radius 2 is 2.17 bits per heavy atom. The molecule has 24 heavy (non-hydrogen) atoms. The Kier molecular flexibility index (Phi) is 3.40. The van der Waals surface area contributed by atoms with Crippen LogP contribution in [0, 0.1) is 13.8 Å². The molecule has 2 N–H and O–H groups in total. The molecular weight excluding hydrogens is 312 g/mol. The SMILES string of the molecule is Cc1n[nH]c(C)c1C(=O)NCc1nc(-c2cc(C3CC3)on2)no1. The molecule has 0 radical (unpaired) electrons. The van der Waals surface area contributed by atoms with Gasteiger partial charge < -0.3 is 14.4 Å². The van der Waals surface area contributed by atoms with E-state index in [1.165, 1.54) is 0 Å². The lowest BCUT2D eigenvalue weighted by Crippen LogP contribution is -2.24. The average molecular weight is 328 g/mol. The van der Waals surface area contributed by atoms with Crippen molar-refractivity contribution in [2.75, 3.05) is 0 Å². The zero-order chi connectivity index (χ0) is 16.7. The van der Waals surface area contributed by atoms with Crippen LogP contribution in [-0.4, -0.2) is 31.4 Å². The molecule has 3 aromatic heterocycles. The van der Waals surface area contributed by atoms with Crippen LogP contribution in [0.4, 0.5) is 0 Å². The summed E-state index contributed by atoms with van der Waals surface area (Å²) in [4.78, 5) is 16.4. The van der Waals surface area contributed by atoms with Gasteiger partial charge in [-0.2, -0.15) is 10.1 Å². The molecule has 0 atom stereocenters. The smallest absolute Gasteiger partial charge is 0.255 e. The molecule has 3 heterocycles. The van der Waals surface area contributed by atoms with E-state index in [-0.39, 0.29) is 12.5 Å². The number of hydrogen-bond acceptors (Lipinski definition) is 7. The van der Waals surface area contributed by atoms with E-state index in [0.29, 0.717) is 40.3 Å². The predicted molar refractivity (Wildman–Crippen MR) is 81.0 cm³/mol. The van der Waals surface area contributed by atoms with Crippen molar-refractivity contribution in [3.8, 4) is 11.5 Å². The van der Waals surface area contributed by atoms with Crippen molar-refractivity contribution in [3.63, 3.8) is 0 Å². The Labute approximate surface area is 136 Å². The van der Waals surface area contributed by atoms with Gasteiger partial charge in [0.15, 0.2) is 5.69 Å². The van der Waals surface area contributed by atoms with Crippen LogP contribution in [0.1, 0.15) is 52.2 Å². The van der Waals surface area contributed by atoms with E-state index in [9.17, 15) is 4.79 Å². The van der Waals surface area contributed by atoms with Crippen LogP contribution in [-0.2, 0) is 6.54 Å². The van der Waals surface area contributed by atoms with E-state index in [1.54, 1.807) is 13.8 Å². The average Bonchev–Trinajstić information content (AvgIpc) is 2.98. The summed E-state index contributed by atoms with van der Waals surface area (Å²) in [5, 5.41) is 17.4. The van der Waals surface area contributed by atoms with Crippen molar-refractivity contribution in [1.82, 2.24) is 30.8 Å². The Balaban J connectivity index is 1.42. The number of aryl methyl sites for hydroxylation is 2. The molecule has 0 bridgehead atoms. The van der Waals surface area contributed by atoms with Gasteiger partial charge in [-0.3, -0.25) is 9.89 Å². The van der Waals surface area contributed by atoms with E-state index < -0.39 is 0 Å². The maximum Gasteiger partial charge on any atom is 0.255 e. The molecule has 1 aliphatic rings. The monoisotopic (exact) mass is 328 g/mol. The highest BCUT2D eigenvalue weighted by Crippen LogP contribution is 2.40. The van der Waals surface area contributed by atoms with Crippen molar-refractivity contribution in [1.29, 1.82) is 0 Å². The molecule has 0 saturated heterocycles. The standard InChI is InChI=1S/C15H16N6O3/c1-7-13(8(2)19-18-7)15(22)16-6-12-17-14(21-24-12)10-5-11(23-20-10)9-3-4-9/h5,9H,3-4,6H2,1-2H3,(H,16,22)(H,18,19). The van der Waals surface area contributed by atoms with Crippen LogP contribution >= 0.6 is 0 Å². The zero-order valence-corrected chi connectivity index (χ0v) is 13.3. The normalized spacial score (nSPS) is 14.1. The van der Waals surface area contributed by atoms with Crippen LogP contribution in [0.3, 0.4) is 0 Å². The first-order chi connectivity index (χ1) is 11.6. The Bertz CT molecular complexity index is 869. The molecule has 3 aromatic rings. The minimum absolute atomic E-state index is 0.128. The van der Waals surface area contributed by atoms with E-state index in [4.69, 9.17) is 9.05 Å². The summed E-state index contributed by atoms with van der Waals surface area (Å²) in [6.45, 7) is 3.69. The lowest BCUT2D eigenvalue weighted by molar-refractivity contribution is 0.0945. The molecule has 0 unspecified atom stereocenters. The summed E-state index contributed by atoms with van der Waals surface area (Å²) in [7, 11) is 0. The van der Waals surface area contributed by atoms with Crippen LogP contribution < -0.4 is 5.32 Å². The Hall–Kier alpha value is -2.97. The fourth-order valence-electron chi connectivity index (χ4n) is 2.52. The van der Waals surface area contributed by atoms with Gasteiger partial charge in [-0.25, -0.2) is 0 Å². The van der Waals surface area contributed by atoms with Gasteiger partial charge in [0.25, 0.3) is 5.91 Å². The van der Waals surface area contributed by atoms with Gasteiger partial charge in [0.05, 0.1) is 17.8 Å². The zero-order valence-electron chi connectivity index (χ0n) is 13.3. The minimum Gasteiger partial charge on any atom is -0.360 e. The fraction of sp³-hybridized carbons (Fsp3) is 0.400. The highest BCUT2D eigenvalue weighted by atomic mass is 16.5. The topological polar surface area (TPSA) is 123 Å². The van der Waals surface area contributed by atoms with E-state index in [2.05, 4.69) is 30.8 Å². The number of H-pyrrole nitrogens is 1. The number of aromatic amines is 1. The highest BCUT2D eigenvalue weighted by molar-refractivity contribution is 5.96. The quantitative estimate of drug-likeness (QED) is 0.733. The van der Waals surface area contributed by atoms with Gasteiger partial charge in [0.1, 0.15) is 5.76 Å². The number of hydrogen-bond donors (Lipinski definition) is 2. The first kappa shape index (κ1) is 14.6.